The van der Waals surface area contributed by atoms with Gasteiger partial charge in [-0.15, -0.1) is 0 Å². The molecule has 2 heterocycles. The lowest BCUT2D eigenvalue weighted by Crippen LogP contribution is -1.92. The molecule has 20 heavy (non-hydrogen) atoms. The maximum atomic E-state index is 4.63. The number of para-hydroxylation sites is 2. The molecule has 0 fully saturated rings. The fourth-order valence-corrected chi connectivity index (χ4v) is 2.45. The molecule has 2 N–H and O–H groups in total. The van der Waals surface area contributed by atoms with Gasteiger partial charge in [-0.05, 0) is 24.3 Å². The van der Waals surface area contributed by atoms with Crippen LogP contribution >= 0.6 is 0 Å². The van der Waals surface area contributed by atoms with Gasteiger partial charge in [0, 0.05) is 22.5 Å². The van der Waals surface area contributed by atoms with Crippen LogP contribution in [0.1, 0.15) is 0 Å². The number of anilines is 2. The fourth-order valence-electron chi connectivity index (χ4n) is 2.45. The monoisotopic (exact) mass is 259 g/mol. The van der Waals surface area contributed by atoms with Crippen LogP contribution in [0, 0.1) is 0 Å². The Balaban J connectivity index is 1.76. The van der Waals surface area contributed by atoms with Gasteiger partial charge in [-0.25, -0.2) is 4.98 Å². The Kier molecular flexibility index (Phi) is 2.42. The molecule has 0 spiro atoms. The minimum Gasteiger partial charge on any atom is -0.359 e. The van der Waals surface area contributed by atoms with Crippen molar-refractivity contribution in [1.29, 1.82) is 0 Å². The Labute approximate surface area is 116 Å². The van der Waals surface area contributed by atoms with Crippen molar-refractivity contribution in [3.05, 3.63) is 66.9 Å². The van der Waals surface area contributed by atoms with Crippen LogP contribution in [0.4, 0.5) is 11.5 Å². The Morgan fingerprint density at radius 2 is 1.70 bits per heavy atom. The van der Waals surface area contributed by atoms with Crippen LogP contribution in [0.5, 0.6) is 0 Å². The molecule has 0 aliphatic carbocycles. The summed E-state index contributed by atoms with van der Waals surface area (Å²) in [7, 11) is 0. The van der Waals surface area contributed by atoms with Crippen LogP contribution < -0.4 is 5.32 Å². The van der Waals surface area contributed by atoms with E-state index in [-0.39, 0.29) is 0 Å². The van der Waals surface area contributed by atoms with Crippen molar-refractivity contribution in [2.45, 2.75) is 0 Å². The van der Waals surface area contributed by atoms with Gasteiger partial charge >= 0.3 is 0 Å². The van der Waals surface area contributed by atoms with Crippen molar-refractivity contribution in [2.75, 3.05) is 5.32 Å². The van der Waals surface area contributed by atoms with Crippen LogP contribution in [-0.2, 0) is 0 Å². The zero-order valence-electron chi connectivity index (χ0n) is 10.8. The lowest BCUT2D eigenvalue weighted by atomic mass is 10.2. The number of benzene rings is 2. The van der Waals surface area contributed by atoms with E-state index in [1.54, 1.807) is 0 Å². The maximum Gasteiger partial charge on any atom is 0.131 e. The molecule has 3 heteroatoms. The van der Waals surface area contributed by atoms with Gasteiger partial charge in [0.15, 0.2) is 0 Å². The van der Waals surface area contributed by atoms with E-state index in [0.717, 1.165) is 27.9 Å². The minimum atomic E-state index is 0.855. The molecule has 3 nitrogen and oxygen atoms in total. The number of aromatic nitrogens is 2. The molecule has 0 radical (unpaired) electrons. The Morgan fingerprint density at radius 1 is 0.850 bits per heavy atom. The lowest BCUT2D eigenvalue weighted by molar-refractivity contribution is 1.37. The van der Waals surface area contributed by atoms with Gasteiger partial charge in [-0.1, -0.05) is 36.4 Å². The molecule has 0 unspecified atom stereocenters. The Bertz CT molecular complexity index is 893. The zero-order chi connectivity index (χ0) is 13.4. The SMILES string of the molecule is c1ccc2nc(Nc3c[nH]c4ccccc34)ccc2c1. The summed E-state index contributed by atoms with van der Waals surface area (Å²) in [5.41, 5.74) is 3.16. The molecular formula is C17H13N3. The molecule has 2 aromatic heterocycles. The first-order valence-electron chi connectivity index (χ1n) is 6.59. The minimum absolute atomic E-state index is 0.855. The molecule has 0 amide bonds. The van der Waals surface area contributed by atoms with Crippen molar-refractivity contribution in [1.82, 2.24) is 9.97 Å². The van der Waals surface area contributed by atoms with Gasteiger partial charge in [0.2, 0.25) is 0 Å². The predicted molar refractivity (Wildman–Crippen MR) is 83.3 cm³/mol. The Morgan fingerprint density at radius 3 is 2.70 bits per heavy atom. The van der Waals surface area contributed by atoms with E-state index in [0.29, 0.717) is 0 Å². The van der Waals surface area contributed by atoms with E-state index in [2.05, 4.69) is 39.6 Å². The van der Waals surface area contributed by atoms with Crippen molar-refractivity contribution in [3.8, 4) is 0 Å². The van der Waals surface area contributed by atoms with Gasteiger partial charge in [-0.3, -0.25) is 0 Å². The fraction of sp³-hybridized carbons (Fsp3) is 0. The number of pyridine rings is 1. The molecule has 0 bridgehead atoms. The summed E-state index contributed by atoms with van der Waals surface area (Å²) < 4.78 is 0. The number of H-pyrrole nitrogens is 1. The number of aromatic amines is 1. The summed E-state index contributed by atoms with van der Waals surface area (Å²) in [4.78, 5) is 7.89. The number of hydrogen-bond acceptors (Lipinski definition) is 2. The number of fused-ring (bicyclic) bond motifs is 2. The summed E-state index contributed by atoms with van der Waals surface area (Å²) in [6, 6.07) is 20.4. The van der Waals surface area contributed by atoms with Crippen LogP contribution in [0.3, 0.4) is 0 Å². The van der Waals surface area contributed by atoms with Crippen molar-refractivity contribution < 1.29 is 0 Å². The number of rotatable bonds is 2. The molecule has 0 saturated heterocycles. The smallest absolute Gasteiger partial charge is 0.131 e. The highest BCUT2D eigenvalue weighted by molar-refractivity contribution is 5.94. The molecule has 96 valence electrons. The van der Waals surface area contributed by atoms with E-state index in [4.69, 9.17) is 0 Å². The molecule has 0 aliphatic heterocycles. The third-order valence-corrected chi connectivity index (χ3v) is 3.45. The zero-order valence-corrected chi connectivity index (χ0v) is 10.8. The van der Waals surface area contributed by atoms with E-state index < -0.39 is 0 Å². The van der Waals surface area contributed by atoms with Gasteiger partial charge in [0.05, 0.1) is 11.2 Å². The number of nitrogens with zero attached hydrogens (tertiary/aromatic N) is 1. The summed E-state index contributed by atoms with van der Waals surface area (Å²) in [6.45, 7) is 0. The standard InChI is InChI=1S/C17H13N3/c1-3-7-14-12(5-1)9-10-17(19-14)20-16-11-18-15-8-4-2-6-13(15)16/h1-11,18H,(H,19,20). The van der Waals surface area contributed by atoms with Gasteiger partial charge in [0.1, 0.15) is 5.82 Å². The number of hydrogen-bond donors (Lipinski definition) is 2. The highest BCUT2D eigenvalue weighted by Gasteiger charge is 2.04. The van der Waals surface area contributed by atoms with Gasteiger partial charge < -0.3 is 10.3 Å². The highest BCUT2D eigenvalue weighted by atomic mass is 15.0. The van der Waals surface area contributed by atoms with E-state index >= 15 is 0 Å². The van der Waals surface area contributed by atoms with E-state index in [1.807, 2.05) is 42.6 Å². The molecule has 0 saturated carbocycles. The van der Waals surface area contributed by atoms with Gasteiger partial charge in [-0.2, -0.15) is 0 Å². The first-order valence-corrected chi connectivity index (χ1v) is 6.59. The van der Waals surface area contributed by atoms with Crippen molar-refractivity contribution in [2.24, 2.45) is 0 Å². The summed E-state index contributed by atoms with van der Waals surface area (Å²) in [6.07, 6.45) is 1.97. The lowest BCUT2D eigenvalue weighted by Gasteiger charge is -2.05. The van der Waals surface area contributed by atoms with Crippen LogP contribution in [-0.4, -0.2) is 9.97 Å². The third kappa shape index (κ3) is 1.80. The van der Waals surface area contributed by atoms with Crippen LogP contribution in [0.2, 0.25) is 0 Å². The first-order chi connectivity index (χ1) is 9.90. The second-order valence-corrected chi connectivity index (χ2v) is 4.76. The molecule has 0 aliphatic rings. The summed E-state index contributed by atoms with van der Waals surface area (Å²) in [5.74, 6) is 0.855. The van der Waals surface area contributed by atoms with Crippen molar-refractivity contribution in [3.63, 3.8) is 0 Å². The number of nitrogens with one attached hydrogen (secondary N) is 2. The second-order valence-electron chi connectivity index (χ2n) is 4.76. The second kappa shape index (κ2) is 4.38. The van der Waals surface area contributed by atoms with Crippen LogP contribution in [0.25, 0.3) is 21.8 Å². The van der Waals surface area contributed by atoms with Crippen LogP contribution in [0.15, 0.2) is 66.9 Å². The topological polar surface area (TPSA) is 40.7 Å². The Hall–Kier alpha value is -2.81. The molecule has 4 rings (SSSR count). The third-order valence-electron chi connectivity index (χ3n) is 3.45. The van der Waals surface area contributed by atoms with Crippen molar-refractivity contribution >= 4 is 33.3 Å². The molecule has 4 aromatic rings. The van der Waals surface area contributed by atoms with E-state index in [1.165, 1.54) is 5.39 Å². The predicted octanol–water partition coefficient (Wildman–Crippen LogP) is 4.46. The van der Waals surface area contributed by atoms with E-state index in [9.17, 15) is 0 Å². The summed E-state index contributed by atoms with van der Waals surface area (Å²) in [5, 5.41) is 5.70. The largest absolute Gasteiger partial charge is 0.359 e. The molecular weight excluding hydrogens is 246 g/mol. The normalized spacial score (nSPS) is 11.0. The highest BCUT2D eigenvalue weighted by Crippen LogP contribution is 2.26. The van der Waals surface area contributed by atoms with Gasteiger partial charge in [0.25, 0.3) is 0 Å². The molecule has 0 atom stereocenters. The average molecular weight is 259 g/mol. The quantitative estimate of drug-likeness (QED) is 0.558. The first kappa shape index (κ1) is 11.1. The average Bonchev–Trinajstić information content (AvgIpc) is 2.91. The summed E-state index contributed by atoms with van der Waals surface area (Å²) >= 11 is 0. The maximum absolute atomic E-state index is 4.63. The molecule has 2 aromatic carbocycles.